The lowest BCUT2D eigenvalue weighted by Crippen LogP contribution is -2.41. The second kappa shape index (κ2) is 7.32. The highest BCUT2D eigenvalue weighted by Gasteiger charge is 2.19. The first-order valence-corrected chi connectivity index (χ1v) is 10.1. The number of rotatable bonds is 5. The molecule has 4 rings (SSSR count). The van der Waals surface area contributed by atoms with E-state index < -0.39 is 0 Å². The zero-order valence-corrected chi connectivity index (χ0v) is 16.0. The molecule has 0 atom stereocenters. The summed E-state index contributed by atoms with van der Waals surface area (Å²) in [6, 6.07) is 11.7. The number of thiophene rings is 1. The average molecular weight is 354 g/mol. The van der Waals surface area contributed by atoms with Gasteiger partial charge in [-0.05, 0) is 62.4 Å². The van der Waals surface area contributed by atoms with E-state index in [0.29, 0.717) is 6.04 Å². The Bertz CT molecular complexity index is 826. The molecule has 0 saturated carbocycles. The van der Waals surface area contributed by atoms with Crippen molar-refractivity contribution in [1.82, 2.24) is 15.2 Å². The fourth-order valence-corrected chi connectivity index (χ4v) is 4.61. The second-order valence-electron chi connectivity index (χ2n) is 7.23. The highest BCUT2D eigenvalue weighted by atomic mass is 32.1. The summed E-state index contributed by atoms with van der Waals surface area (Å²) in [6.07, 6.45) is 2.48. The van der Waals surface area contributed by atoms with Crippen LogP contribution in [0.25, 0.3) is 10.9 Å². The van der Waals surface area contributed by atoms with Crippen molar-refractivity contribution in [2.75, 3.05) is 13.1 Å². The summed E-state index contributed by atoms with van der Waals surface area (Å²) in [7, 11) is 0. The Kier molecular flexibility index (Phi) is 4.93. The Hall–Kier alpha value is -1.62. The largest absolute Gasteiger partial charge is 0.358 e. The van der Waals surface area contributed by atoms with E-state index in [0.717, 1.165) is 13.1 Å². The molecule has 3 nitrogen and oxygen atoms in total. The van der Waals surface area contributed by atoms with Crippen molar-refractivity contribution < 1.29 is 0 Å². The smallest absolute Gasteiger partial charge is 0.0504 e. The first-order valence-electron chi connectivity index (χ1n) is 9.25. The van der Waals surface area contributed by atoms with Crippen molar-refractivity contribution >= 4 is 22.2 Å². The van der Waals surface area contributed by atoms with Crippen LogP contribution in [0.4, 0.5) is 0 Å². The molecule has 3 heterocycles. The second-order valence-corrected chi connectivity index (χ2v) is 8.26. The van der Waals surface area contributed by atoms with Gasteiger partial charge in [0.05, 0.1) is 5.52 Å². The molecule has 132 valence electrons. The topological polar surface area (TPSA) is 31.1 Å². The molecule has 0 spiro atoms. The van der Waals surface area contributed by atoms with Gasteiger partial charge in [0, 0.05) is 35.1 Å². The summed E-state index contributed by atoms with van der Waals surface area (Å²) in [5.74, 6) is 0. The molecule has 1 aliphatic rings. The van der Waals surface area contributed by atoms with Crippen molar-refractivity contribution in [3.63, 3.8) is 0 Å². The maximum atomic E-state index is 3.79. The van der Waals surface area contributed by atoms with Gasteiger partial charge in [-0.1, -0.05) is 24.3 Å². The van der Waals surface area contributed by atoms with Crippen molar-refractivity contribution in [2.45, 2.75) is 45.8 Å². The first kappa shape index (κ1) is 16.8. The number of aryl methyl sites for hydroxylation is 2. The minimum atomic E-state index is 0.631. The number of aromatic nitrogens is 1. The van der Waals surface area contributed by atoms with Crippen LogP contribution < -0.4 is 5.32 Å². The maximum absolute atomic E-state index is 3.79. The zero-order valence-electron chi connectivity index (χ0n) is 15.1. The van der Waals surface area contributed by atoms with Crippen molar-refractivity contribution in [3.8, 4) is 0 Å². The molecule has 3 aromatic rings. The van der Waals surface area contributed by atoms with E-state index in [4.69, 9.17) is 0 Å². The lowest BCUT2D eigenvalue weighted by molar-refractivity contribution is 0.191. The van der Waals surface area contributed by atoms with Gasteiger partial charge in [-0.2, -0.15) is 0 Å². The molecule has 0 aliphatic carbocycles. The summed E-state index contributed by atoms with van der Waals surface area (Å²) in [5.41, 5.74) is 5.35. The summed E-state index contributed by atoms with van der Waals surface area (Å²) >= 11 is 1.87. The van der Waals surface area contributed by atoms with Crippen molar-refractivity contribution in [3.05, 3.63) is 57.4 Å². The average Bonchev–Trinajstić information content (AvgIpc) is 3.24. The van der Waals surface area contributed by atoms with E-state index in [1.54, 1.807) is 0 Å². The van der Waals surface area contributed by atoms with E-state index in [-0.39, 0.29) is 0 Å². The fourth-order valence-electron chi connectivity index (χ4n) is 3.86. The van der Waals surface area contributed by atoms with Gasteiger partial charge < -0.3 is 10.3 Å². The number of aromatic amines is 1. The van der Waals surface area contributed by atoms with Gasteiger partial charge in [0.15, 0.2) is 0 Å². The number of nitrogens with zero attached hydrogens (tertiary/aromatic N) is 1. The van der Waals surface area contributed by atoms with Crippen LogP contribution in [0.3, 0.4) is 0 Å². The Morgan fingerprint density at radius 2 is 2.00 bits per heavy atom. The SMILES string of the molecule is Cc1[nH]c2c(CNC3CCN(Cc4cccs4)CC3)cccc2c1C. The van der Waals surface area contributed by atoms with Crippen LogP contribution in [0.1, 0.15) is 34.5 Å². The van der Waals surface area contributed by atoms with E-state index in [1.165, 1.54) is 58.5 Å². The molecule has 1 aromatic carbocycles. The summed E-state index contributed by atoms with van der Waals surface area (Å²) in [5, 5.41) is 7.33. The molecular formula is C21H27N3S. The third-order valence-electron chi connectivity index (χ3n) is 5.56. The van der Waals surface area contributed by atoms with Gasteiger partial charge >= 0.3 is 0 Å². The fraction of sp³-hybridized carbons (Fsp3) is 0.429. The Balaban J connectivity index is 1.33. The zero-order chi connectivity index (χ0) is 17.2. The summed E-state index contributed by atoms with van der Waals surface area (Å²) in [4.78, 5) is 7.64. The number of likely N-dealkylation sites (tertiary alicyclic amines) is 1. The molecule has 1 saturated heterocycles. The highest BCUT2D eigenvalue weighted by molar-refractivity contribution is 7.09. The number of hydrogen-bond acceptors (Lipinski definition) is 3. The third kappa shape index (κ3) is 3.66. The Morgan fingerprint density at radius 3 is 2.76 bits per heavy atom. The number of piperidine rings is 1. The van der Waals surface area contributed by atoms with Crippen LogP contribution in [0.15, 0.2) is 35.7 Å². The molecule has 25 heavy (non-hydrogen) atoms. The van der Waals surface area contributed by atoms with Crippen molar-refractivity contribution in [2.24, 2.45) is 0 Å². The predicted molar refractivity (Wildman–Crippen MR) is 107 cm³/mol. The molecule has 4 heteroatoms. The van der Waals surface area contributed by atoms with Crippen LogP contribution in [0.5, 0.6) is 0 Å². The minimum Gasteiger partial charge on any atom is -0.358 e. The quantitative estimate of drug-likeness (QED) is 0.702. The minimum absolute atomic E-state index is 0.631. The molecule has 2 N–H and O–H groups in total. The highest BCUT2D eigenvalue weighted by Crippen LogP contribution is 2.24. The van der Waals surface area contributed by atoms with Gasteiger partial charge in [0.2, 0.25) is 0 Å². The number of hydrogen-bond donors (Lipinski definition) is 2. The number of fused-ring (bicyclic) bond motifs is 1. The number of benzene rings is 1. The summed E-state index contributed by atoms with van der Waals surface area (Å²) < 4.78 is 0. The van der Waals surface area contributed by atoms with Crippen LogP contribution >= 0.6 is 11.3 Å². The molecule has 0 radical (unpaired) electrons. The molecule has 0 bridgehead atoms. The Labute approximate surface area is 154 Å². The standard InChI is InChI=1S/C21H27N3S/c1-15-16(2)23-21-17(5-3-7-20(15)21)13-22-18-8-10-24(11-9-18)14-19-6-4-12-25-19/h3-7,12,18,22-23H,8-11,13-14H2,1-2H3. The van der Waals surface area contributed by atoms with E-state index in [1.807, 2.05) is 11.3 Å². The first-order chi connectivity index (χ1) is 12.2. The summed E-state index contributed by atoms with van der Waals surface area (Å²) in [6.45, 7) is 8.82. The van der Waals surface area contributed by atoms with Crippen molar-refractivity contribution in [1.29, 1.82) is 0 Å². The van der Waals surface area contributed by atoms with Gasteiger partial charge in [-0.3, -0.25) is 4.90 Å². The monoisotopic (exact) mass is 353 g/mol. The van der Waals surface area contributed by atoms with Crippen LogP contribution in [0.2, 0.25) is 0 Å². The van der Waals surface area contributed by atoms with Gasteiger partial charge in [0.25, 0.3) is 0 Å². The van der Waals surface area contributed by atoms with E-state index in [2.05, 4.69) is 64.8 Å². The molecular weight excluding hydrogens is 326 g/mol. The predicted octanol–water partition coefficient (Wildman–Crippen LogP) is 4.60. The number of H-pyrrole nitrogens is 1. The molecule has 2 aromatic heterocycles. The number of para-hydroxylation sites is 1. The Morgan fingerprint density at radius 1 is 1.16 bits per heavy atom. The number of nitrogens with one attached hydrogen (secondary N) is 2. The lowest BCUT2D eigenvalue weighted by Gasteiger charge is -2.32. The lowest BCUT2D eigenvalue weighted by atomic mass is 10.0. The van der Waals surface area contributed by atoms with Gasteiger partial charge in [-0.25, -0.2) is 0 Å². The van der Waals surface area contributed by atoms with Crippen LogP contribution in [-0.2, 0) is 13.1 Å². The van der Waals surface area contributed by atoms with E-state index >= 15 is 0 Å². The molecule has 1 aliphatic heterocycles. The normalized spacial score (nSPS) is 16.7. The third-order valence-corrected chi connectivity index (χ3v) is 6.42. The molecule has 0 amide bonds. The maximum Gasteiger partial charge on any atom is 0.0504 e. The van der Waals surface area contributed by atoms with Gasteiger partial charge in [0.1, 0.15) is 0 Å². The molecule has 0 unspecified atom stereocenters. The van der Waals surface area contributed by atoms with Crippen LogP contribution in [0, 0.1) is 13.8 Å². The molecule has 1 fully saturated rings. The van der Waals surface area contributed by atoms with Crippen LogP contribution in [-0.4, -0.2) is 29.0 Å². The van der Waals surface area contributed by atoms with E-state index in [9.17, 15) is 0 Å². The van der Waals surface area contributed by atoms with Gasteiger partial charge in [-0.15, -0.1) is 11.3 Å².